The van der Waals surface area contributed by atoms with E-state index in [9.17, 15) is 4.79 Å². The lowest BCUT2D eigenvalue weighted by Crippen LogP contribution is -2.44. The van der Waals surface area contributed by atoms with E-state index in [1.54, 1.807) is 11.9 Å². The van der Waals surface area contributed by atoms with Crippen LogP contribution in [0.4, 0.5) is 4.79 Å². The lowest BCUT2D eigenvalue weighted by atomic mass is 10.0. The number of rotatable bonds is 3. The molecular weight excluding hydrogens is 154 g/mol. The van der Waals surface area contributed by atoms with Crippen LogP contribution in [-0.4, -0.2) is 30.2 Å². The van der Waals surface area contributed by atoms with Gasteiger partial charge in [-0.1, -0.05) is 6.92 Å². The number of carbonyl (C=O) groups excluding carboxylic acids is 1. The molecule has 3 heteroatoms. The molecule has 0 unspecified atom stereocenters. The van der Waals surface area contributed by atoms with Gasteiger partial charge < -0.3 is 9.64 Å². The fraction of sp³-hybridized carbons (Fsp3) is 0.889. The third-order valence-corrected chi connectivity index (χ3v) is 2.31. The summed E-state index contributed by atoms with van der Waals surface area (Å²) in [5.41, 5.74) is -0.119. The number of hydrogen-bond acceptors (Lipinski definition) is 2. The Hall–Kier alpha value is -0.730. The normalized spacial score (nSPS) is 11.1. The minimum absolute atomic E-state index is 0.119. The van der Waals surface area contributed by atoms with Crippen LogP contribution in [0.25, 0.3) is 0 Å². The first-order chi connectivity index (χ1) is 5.45. The summed E-state index contributed by atoms with van der Waals surface area (Å²) < 4.78 is 4.88. The van der Waals surface area contributed by atoms with Gasteiger partial charge in [0.25, 0.3) is 0 Å². The van der Waals surface area contributed by atoms with Crippen LogP contribution in [0, 0.1) is 0 Å². The van der Waals surface area contributed by atoms with Crippen LogP contribution in [0.3, 0.4) is 0 Å². The smallest absolute Gasteiger partial charge is 0.409 e. The van der Waals surface area contributed by atoms with E-state index in [1.165, 1.54) is 0 Å². The van der Waals surface area contributed by atoms with E-state index in [0.717, 1.165) is 6.42 Å². The highest BCUT2D eigenvalue weighted by Crippen LogP contribution is 2.16. The molecule has 0 saturated heterocycles. The van der Waals surface area contributed by atoms with Gasteiger partial charge in [-0.05, 0) is 27.2 Å². The van der Waals surface area contributed by atoms with Crippen LogP contribution in [0.1, 0.15) is 34.1 Å². The van der Waals surface area contributed by atoms with E-state index in [0.29, 0.717) is 6.61 Å². The van der Waals surface area contributed by atoms with Gasteiger partial charge in [0.1, 0.15) is 0 Å². The molecule has 0 aliphatic heterocycles. The number of amides is 1. The summed E-state index contributed by atoms with van der Waals surface area (Å²) in [6.07, 6.45) is 0.673. The van der Waals surface area contributed by atoms with Gasteiger partial charge in [-0.3, -0.25) is 0 Å². The Bertz CT molecular complexity index is 155. The molecule has 0 fully saturated rings. The average molecular weight is 173 g/mol. The van der Waals surface area contributed by atoms with Crippen molar-refractivity contribution in [2.24, 2.45) is 0 Å². The van der Waals surface area contributed by atoms with Crippen LogP contribution in [0.2, 0.25) is 0 Å². The van der Waals surface area contributed by atoms with Gasteiger partial charge in [0.2, 0.25) is 0 Å². The molecule has 0 heterocycles. The molecule has 0 saturated carbocycles. The average Bonchev–Trinajstić information content (AvgIpc) is 2.03. The maximum atomic E-state index is 11.3. The molecule has 72 valence electrons. The zero-order chi connectivity index (χ0) is 9.78. The highest BCUT2D eigenvalue weighted by atomic mass is 16.6. The molecule has 3 nitrogen and oxygen atoms in total. The van der Waals surface area contributed by atoms with Crippen molar-refractivity contribution in [3.8, 4) is 0 Å². The third-order valence-electron chi connectivity index (χ3n) is 2.31. The zero-order valence-corrected chi connectivity index (χ0v) is 8.68. The molecule has 0 aromatic carbocycles. The van der Waals surface area contributed by atoms with Gasteiger partial charge in [-0.15, -0.1) is 0 Å². The van der Waals surface area contributed by atoms with Crippen LogP contribution in [0.5, 0.6) is 0 Å². The number of carbonyl (C=O) groups is 1. The summed E-state index contributed by atoms with van der Waals surface area (Å²) in [5.74, 6) is 0. The monoisotopic (exact) mass is 173 g/mol. The first kappa shape index (κ1) is 11.3. The summed E-state index contributed by atoms with van der Waals surface area (Å²) in [6.45, 7) is 8.33. The number of hydrogen-bond donors (Lipinski definition) is 0. The number of nitrogens with zero attached hydrogens (tertiary/aromatic N) is 1. The highest BCUT2D eigenvalue weighted by molar-refractivity contribution is 5.68. The van der Waals surface area contributed by atoms with Crippen molar-refractivity contribution in [2.75, 3.05) is 13.7 Å². The minimum atomic E-state index is -0.246. The van der Waals surface area contributed by atoms with Crippen molar-refractivity contribution in [2.45, 2.75) is 39.7 Å². The second-order valence-electron chi connectivity index (χ2n) is 3.42. The van der Waals surface area contributed by atoms with Gasteiger partial charge >= 0.3 is 6.09 Å². The van der Waals surface area contributed by atoms with Crippen molar-refractivity contribution < 1.29 is 9.53 Å². The van der Waals surface area contributed by atoms with E-state index >= 15 is 0 Å². The Morgan fingerprint density at radius 1 is 1.42 bits per heavy atom. The lowest BCUT2D eigenvalue weighted by Gasteiger charge is -2.33. The van der Waals surface area contributed by atoms with Gasteiger partial charge in [0, 0.05) is 12.6 Å². The Labute approximate surface area is 74.7 Å². The van der Waals surface area contributed by atoms with Crippen molar-refractivity contribution in [3.05, 3.63) is 0 Å². The van der Waals surface area contributed by atoms with Crippen LogP contribution >= 0.6 is 0 Å². The third kappa shape index (κ3) is 2.72. The fourth-order valence-electron chi connectivity index (χ4n) is 0.705. The Kier molecular flexibility index (Phi) is 4.07. The molecule has 0 rings (SSSR count). The summed E-state index contributed by atoms with van der Waals surface area (Å²) in [7, 11) is 1.77. The summed E-state index contributed by atoms with van der Waals surface area (Å²) in [6, 6.07) is 0. The molecule has 0 radical (unpaired) electrons. The predicted molar refractivity (Wildman–Crippen MR) is 49.2 cm³/mol. The maximum absolute atomic E-state index is 11.3. The fourth-order valence-corrected chi connectivity index (χ4v) is 0.705. The molecule has 0 aromatic heterocycles. The largest absolute Gasteiger partial charge is 0.450 e. The standard InChI is InChI=1S/C9H19NO2/c1-6-9(3,4)10(5)8(11)12-7-2/h6-7H2,1-5H3. The van der Waals surface area contributed by atoms with Gasteiger partial charge in [-0.2, -0.15) is 0 Å². The second kappa shape index (κ2) is 4.33. The molecule has 0 atom stereocenters. The Balaban J connectivity index is 4.17. The van der Waals surface area contributed by atoms with Gasteiger partial charge in [0.15, 0.2) is 0 Å². The van der Waals surface area contributed by atoms with Crippen molar-refractivity contribution >= 4 is 6.09 Å². The molecule has 12 heavy (non-hydrogen) atoms. The minimum Gasteiger partial charge on any atom is -0.450 e. The SMILES string of the molecule is CCOC(=O)N(C)C(C)(C)CC. The maximum Gasteiger partial charge on any atom is 0.409 e. The topological polar surface area (TPSA) is 29.5 Å². The van der Waals surface area contributed by atoms with E-state index in [2.05, 4.69) is 6.92 Å². The first-order valence-electron chi connectivity index (χ1n) is 4.36. The lowest BCUT2D eigenvalue weighted by molar-refractivity contribution is 0.0781. The summed E-state index contributed by atoms with van der Waals surface area (Å²) in [4.78, 5) is 12.9. The van der Waals surface area contributed by atoms with E-state index in [-0.39, 0.29) is 11.6 Å². The number of ether oxygens (including phenoxy) is 1. The van der Waals surface area contributed by atoms with Crippen LogP contribution in [-0.2, 0) is 4.74 Å². The molecular formula is C9H19NO2. The van der Waals surface area contributed by atoms with Crippen LogP contribution < -0.4 is 0 Å². The molecule has 0 aliphatic rings. The van der Waals surface area contributed by atoms with Crippen molar-refractivity contribution in [3.63, 3.8) is 0 Å². The summed E-state index contributed by atoms with van der Waals surface area (Å²) >= 11 is 0. The Morgan fingerprint density at radius 3 is 2.25 bits per heavy atom. The molecule has 0 N–H and O–H groups in total. The van der Waals surface area contributed by atoms with Crippen LogP contribution in [0.15, 0.2) is 0 Å². The predicted octanol–water partition coefficient (Wildman–Crippen LogP) is 2.26. The van der Waals surface area contributed by atoms with Crippen molar-refractivity contribution in [1.82, 2.24) is 4.90 Å². The highest BCUT2D eigenvalue weighted by Gasteiger charge is 2.26. The Morgan fingerprint density at radius 2 is 1.92 bits per heavy atom. The summed E-state index contributed by atoms with van der Waals surface area (Å²) in [5, 5.41) is 0. The van der Waals surface area contributed by atoms with Gasteiger partial charge in [0.05, 0.1) is 6.61 Å². The van der Waals surface area contributed by atoms with Crippen molar-refractivity contribution in [1.29, 1.82) is 0 Å². The first-order valence-corrected chi connectivity index (χ1v) is 4.36. The van der Waals surface area contributed by atoms with Gasteiger partial charge in [-0.25, -0.2) is 4.79 Å². The molecule has 0 bridgehead atoms. The quantitative estimate of drug-likeness (QED) is 0.655. The zero-order valence-electron chi connectivity index (χ0n) is 8.68. The van der Waals surface area contributed by atoms with E-state index < -0.39 is 0 Å². The molecule has 0 aliphatic carbocycles. The molecule has 1 amide bonds. The molecule has 0 aromatic rings. The molecule has 0 spiro atoms. The van der Waals surface area contributed by atoms with E-state index in [4.69, 9.17) is 4.74 Å². The second-order valence-corrected chi connectivity index (χ2v) is 3.42. The van der Waals surface area contributed by atoms with E-state index in [1.807, 2.05) is 20.8 Å².